The van der Waals surface area contributed by atoms with Crippen molar-refractivity contribution in [1.29, 1.82) is 0 Å². The molecular weight excluding hydrogens is 315 g/mol. The van der Waals surface area contributed by atoms with Crippen molar-refractivity contribution in [1.82, 2.24) is 4.72 Å². The van der Waals surface area contributed by atoms with Crippen molar-refractivity contribution in [3.05, 3.63) is 29.6 Å². The summed E-state index contributed by atoms with van der Waals surface area (Å²) in [4.78, 5) is -0.541. The molecule has 2 rings (SSSR count). The molecule has 1 aliphatic rings. The Morgan fingerprint density at radius 2 is 2.24 bits per heavy atom. The van der Waals surface area contributed by atoms with Crippen LogP contribution in [-0.4, -0.2) is 32.2 Å². The molecule has 1 heterocycles. The van der Waals surface area contributed by atoms with Crippen molar-refractivity contribution in [2.24, 2.45) is 5.73 Å². The van der Waals surface area contributed by atoms with E-state index in [0.29, 0.717) is 13.0 Å². The Kier molecular flexibility index (Phi) is 4.62. The van der Waals surface area contributed by atoms with Crippen molar-refractivity contribution in [3.8, 4) is 0 Å². The summed E-state index contributed by atoms with van der Waals surface area (Å²) < 4.78 is 46.8. The molecule has 8 heteroatoms. The number of ether oxygens (including phenoxy) is 1. The summed E-state index contributed by atoms with van der Waals surface area (Å²) in [5.41, 5.74) is 4.46. The Bertz CT molecular complexity index is 655. The number of hydrogen-bond acceptors (Lipinski definition) is 4. The minimum absolute atomic E-state index is 0.248. The van der Waals surface area contributed by atoms with Crippen LogP contribution in [0.25, 0.3) is 0 Å². The van der Waals surface area contributed by atoms with Gasteiger partial charge in [0.1, 0.15) is 10.8 Å². The van der Waals surface area contributed by atoms with Crippen molar-refractivity contribution < 1.29 is 17.5 Å². The number of nitrogens with two attached hydrogens (primary N) is 1. The second-order valence-electron chi connectivity index (χ2n) is 5.30. The van der Waals surface area contributed by atoms with E-state index in [1.165, 1.54) is 12.1 Å². The van der Waals surface area contributed by atoms with Gasteiger partial charge in [-0.2, -0.15) is 0 Å². The van der Waals surface area contributed by atoms with E-state index in [1.807, 2.05) is 0 Å². The fourth-order valence-electron chi connectivity index (χ4n) is 2.36. The van der Waals surface area contributed by atoms with E-state index in [1.54, 1.807) is 6.92 Å². The third kappa shape index (κ3) is 3.57. The minimum atomic E-state index is -3.95. The molecule has 1 fully saturated rings. The Balaban J connectivity index is 2.40. The van der Waals surface area contributed by atoms with Gasteiger partial charge in [-0.05, 0) is 31.9 Å². The van der Waals surface area contributed by atoms with E-state index >= 15 is 0 Å². The van der Waals surface area contributed by atoms with Gasteiger partial charge in [-0.25, -0.2) is 17.5 Å². The lowest BCUT2D eigenvalue weighted by atomic mass is 9.97. The fourth-order valence-corrected chi connectivity index (χ4v) is 4.29. The van der Waals surface area contributed by atoms with Crippen LogP contribution in [0, 0.1) is 5.82 Å². The molecule has 0 spiro atoms. The Morgan fingerprint density at radius 1 is 1.52 bits per heavy atom. The van der Waals surface area contributed by atoms with E-state index in [2.05, 4.69) is 4.72 Å². The molecule has 1 atom stereocenters. The lowest BCUT2D eigenvalue weighted by Gasteiger charge is -2.34. The number of sulfonamides is 1. The lowest BCUT2D eigenvalue weighted by molar-refractivity contribution is 0.0386. The van der Waals surface area contributed by atoms with Crippen LogP contribution in [-0.2, 0) is 14.8 Å². The number of hydrogen-bond donors (Lipinski definition) is 2. The summed E-state index contributed by atoms with van der Waals surface area (Å²) in [5, 5.41) is 0. The first-order valence-electron chi connectivity index (χ1n) is 6.45. The van der Waals surface area contributed by atoms with Gasteiger partial charge in [0.25, 0.3) is 0 Å². The maximum atomic E-state index is 13.8. The molecule has 1 aliphatic heterocycles. The summed E-state index contributed by atoms with van der Waals surface area (Å²) in [6.45, 7) is 2.63. The second kappa shape index (κ2) is 5.96. The van der Waals surface area contributed by atoms with E-state index in [-0.39, 0.29) is 22.1 Å². The average molecular weight is 332 g/mol. The van der Waals surface area contributed by atoms with Crippen LogP contribution in [0.1, 0.15) is 25.3 Å². The van der Waals surface area contributed by atoms with Crippen molar-refractivity contribution in [2.45, 2.75) is 30.2 Å². The van der Waals surface area contributed by atoms with Crippen LogP contribution in [0.2, 0.25) is 0 Å². The molecule has 1 saturated heterocycles. The fraction of sp³-hybridized carbons (Fsp3) is 0.462. The third-order valence-electron chi connectivity index (χ3n) is 3.33. The SMILES string of the molecule is CC1(NS(=O)(=O)c2cccc(F)c2C(N)=S)CCCOC1. The van der Waals surface area contributed by atoms with Crippen LogP contribution in [0.15, 0.2) is 23.1 Å². The summed E-state index contributed by atoms with van der Waals surface area (Å²) in [5.74, 6) is -0.754. The second-order valence-corrected chi connectivity index (χ2v) is 7.39. The molecule has 3 N–H and O–H groups in total. The van der Waals surface area contributed by atoms with Crippen molar-refractivity contribution in [3.63, 3.8) is 0 Å². The highest BCUT2D eigenvalue weighted by molar-refractivity contribution is 7.89. The number of rotatable bonds is 4. The zero-order valence-corrected chi connectivity index (χ0v) is 13.2. The Hall–Kier alpha value is -1.09. The van der Waals surface area contributed by atoms with E-state index < -0.39 is 21.4 Å². The molecule has 1 unspecified atom stereocenters. The topological polar surface area (TPSA) is 81.4 Å². The van der Waals surface area contributed by atoms with Crippen LogP contribution in [0.3, 0.4) is 0 Å². The average Bonchev–Trinajstić information content (AvgIpc) is 2.37. The van der Waals surface area contributed by atoms with E-state index in [4.69, 9.17) is 22.7 Å². The normalized spacial score (nSPS) is 23.0. The van der Waals surface area contributed by atoms with Gasteiger partial charge in [0.2, 0.25) is 10.0 Å². The maximum Gasteiger partial charge on any atom is 0.241 e. The number of benzene rings is 1. The highest BCUT2D eigenvalue weighted by atomic mass is 32.2. The van der Waals surface area contributed by atoms with E-state index in [9.17, 15) is 12.8 Å². The first-order valence-corrected chi connectivity index (χ1v) is 8.34. The van der Waals surface area contributed by atoms with Gasteiger partial charge >= 0.3 is 0 Å². The molecule has 0 amide bonds. The molecule has 0 saturated carbocycles. The summed E-state index contributed by atoms with van der Waals surface area (Å²) in [6.07, 6.45) is 1.40. The molecule has 1 aromatic rings. The number of halogens is 1. The molecule has 5 nitrogen and oxygen atoms in total. The van der Waals surface area contributed by atoms with Crippen molar-refractivity contribution >= 4 is 27.2 Å². The summed E-state index contributed by atoms with van der Waals surface area (Å²) >= 11 is 4.76. The summed E-state index contributed by atoms with van der Waals surface area (Å²) in [7, 11) is -3.95. The van der Waals surface area contributed by atoms with Gasteiger partial charge in [0, 0.05) is 6.61 Å². The zero-order chi connectivity index (χ0) is 15.7. The van der Waals surface area contributed by atoms with Crippen LogP contribution < -0.4 is 10.5 Å². The van der Waals surface area contributed by atoms with E-state index in [0.717, 1.165) is 12.5 Å². The van der Waals surface area contributed by atoms with Gasteiger partial charge < -0.3 is 10.5 Å². The molecule has 116 valence electrons. The Morgan fingerprint density at radius 3 is 2.81 bits per heavy atom. The molecule has 0 aromatic heterocycles. The summed E-state index contributed by atoms with van der Waals surface area (Å²) in [6, 6.07) is 3.72. The molecule has 0 radical (unpaired) electrons. The Labute approximate surface area is 128 Å². The monoisotopic (exact) mass is 332 g/mol. The number of nitrogens with one attached hydrogen (secondary N) is 1. The molecule has 0 aliphatic carbocycles. The highest BCUT2D eigenvalue weighted by Crippen LogP contribution is 2.24. The first-order chi connectivity index (χ1) is 9.75. The van der Waals surface area contributed by atoms with Crippen LogP contribution in [0.5, 0.6) is 0 Å². The van der Waals surface area contributed by atoms with Gasteiger partial charge in [-0.15, -0.1) is 0 Å². The van der Waals surface area contributed by atoms with Crippen LogP contribution in [0.4, 0.5) is 4.39 Å². The molecular formula is C13H17FN2O3S2. The minimum Gasteiger partial charge on any atom is -0.389 e. The quantitative estimate of drug-likeness (QED) is 0.813. The van der Waals surface area contributed by atoms with Gasteiger partial charge in [-0.1, -0.05) is 18.3 Å². The van der Waals surface area contributed by atoms with Gasteiger partial charge in [-0.3, -0.25) is 0 Å². The molecule has 21 heavy (non-hydrogen) atoms. The third-order valence-corrected chi connectivity index (χ3v) is 5.21. The molecule has 1 aromatic carbocycles. The number of thiocarbonyl (C=S) groups is 1. The van der Waals surface area contributed by atoms with Gasteiger partial charge in [0.05, 0.1) is 22.6 Å². The maximum absolute atomic E-state index is 13.8. The zero-order valence-electron chi connectivity index (χ0n) is 11.6. The molecule has 0 bridgehead atoms. The highest BCUT2D eigenvalue weighted by Gasteiger charge is 2.34. The standard InChI is InChI=1S/C13H17FN2O3S2/c1-13(6-3-7-19-8-13)16-21(17,18)10-5-2-4-9(14)11(10)12(15)20/h2,4-5,16H,3,6-8H2,1H3,(H2,15,20). The first kappa shape index (κ1) is 16.3. The van der Waals surface area contributed by atoms with Crippen LogP contribution >= 0.6 is 12.2 Å². The van der Waals surface area contributed by atoms with Gasteiger partial charge in [0.15, 0.2) is 0 Å². The van der Waals surface area contributed by atoms with Crippen molar-refractivity contribution in [2.75, 3.05) is 13.2 Å². The largest absolute Gasteiger partial charge is 0.389 e. The smallest absolute Gasteiger partial charge is 0.241 e. The predicted molar refractivity (Wildman–Crippen MR) is 81.1 cm³/mol. The predicted octanol–water partition coefficient (Wildman–Crippen LogP) is 1.31. The lowest BCUT2D eigenvalue weighted by Crippen LogP contribution is -2.51.